The van der Waals surface area contributed by atoms with Gasteiger partial charge in [0.15, 0.2) is 0 Å². The first-order chi connectivity index (χ1) is 14.6. The van der Waals surface area contributed by atoms with Gasteiger partial charge in [-0.2, -0.15) is 0 Å². The van der Waals surface area contributed by atoms with Gasteiger partial charge in [-0.3, -0.25) is 9.69 Å². The number of carbonyl (C=O) groups excluding carboxylic acids is 1. The molecule has 156 valence electrons. The van der Waals surface area contributed by atoms with Gasteiger partial charge in [-0.1, -0.05) is 43.3 Å². The number of hydrogen-bond acceptors (Lipinski definition) is 4. The molecular formula is C25H28N2OS2. The van der Waals surface area contributed by atoms with Crippen molar-refractivity contribution in [3.63, 3.8) is 0 Å². The third-order valence-electron chi connectivity index (χ3n) is 5.78. The lowest BCUT2D eigenvalue weighted by molar-refractivity contribution is -0.117. The molecule has 0 spiro atoms. The molecule has 0 saturated heterocycles. The standard InChI is InChI=1S/C25H28N2OS2/c1-4-21-17(2)30-25-22(21)13-14-27(24(25)18-9-6-5-7-10-18)16-23(28)26-19-11-8-12-20(15-19)29-3/h5-12,15,24H,4,13-14,16H2,1-3H3,(H,26,28)/t24-/m1/s1. The van der Waals surface area contributed by atoms with Crippen LogP contribution in [-0.4, -0.2) is 30.2 Å². The highest BCUT2D eigenvalue weighted by atomic mass is 32.2. The van der Waals surface area contributed by atoms with E-state index in [2.05, 4.69) is 60.5 Å². The summed E-state index contributed by atoms with van der Waals surface area (Å²) in [6.07, 6.45) is 4.14. The van der Waals surface area contributed by atoms with Crippen LogP contribution < -0.4 is 5.32 Å². The number of carbonyl (C=O) groups is 1. The highest BCUT2D eigenvalue weighted by Crippen LogP contribution is 2.42. The Morgan fingerprint density at radius 3 is 2.73 bits per heavy atom. The average molecular weight is 437 g/mol. The SMILES string of the molecule is CCc1c(C)sc2c1CCN(CC(=O)Nc1cccc(SC)c1)[C@@H]2c1ccccc1. The third kappa shape index (κ3) is 4.34. The molecule has 4 rings (SSSR count). The zero-order valence-corrected chi connectivity index (χ0v) is 19.4. The lowest BCUT2D eigenvalue weighted by Gasteiger charge is -2.36. The zero-order chi connectivity index (χ0) is 21.1. The van der Waals surface area contributed by atoms with Crippen LogP contribution in [0.3, 0.4) is 0 Å². The molecule has 1 N–H and O–H groups in total. The maximum atomic E-state index is 12.9. The van der Waals surface area contributed by atoms with Crippen molar-refractivity contribution in [3.8, 4) is 0 Å². The van der Waals surface area contributed by atoms with Crippen LogP contribution in [-0.2, 0) is 17.6 Å². The minimum absolute atomic E-state index is 0.0432. The Kier molecular flexibility index (Phi) is 6.61. The summed E-state index contributed by atoms with van der Waals surface area (Å²) in [5.41, 5.74) is 5.15. The van der Waals surface area contributed by atoms with Crippen LogP contribution in [0.15, 0.2) is 59.5 Å². The van der Waals surface area contributed by atoms with Gasteiger partial charge < -0.3 is 5.32 Å². The largest absolute Gasteiger partial charge is 0.325 e. The number of fused-ring (bicyclic) bond motifs is 1. The van der Waals surface area contributed by atoms with Crippen molar-refractivity contribution in [1.82, 2.24) is 4.90 Å². The van der Waals surface area contributed by atoms with Crippen LogP contribution in [0.5, 0.6) is 0 Å². The van der Waals surface area contributed by atoms with Crippen LogP contribution in [0.2, 0.25) is 0 Å². The van der Waals surface area contributed by atoms with Gasteiger partial charge in [0, 0.05) is 26.9 Å². The molecule has 1 aliphatic heterocycles. The zero-order valence-electron chi connectivity index (χ0n) is 17.8. The Labute approximate surface area is 187 Å². The van der Waals surface area contributed by atoms with Crippen LogP contribution in [0.1, 0.15) is 39.4 Å². The van der Waals surface area contributed by atoms with E-state index < -0.39 is 0 Å². The van der Waals surface area contributed by atoms with Crippen molar-refractivity contribution in [1.29, 1.82) is 0 Å². The molecule has 0 aliphatic carbocycles. The summed E-state index contributed by atoms with van der Waals surface area (Å²) >= 11 is 3.59. The summed E-state index contributed by atoms with van der Waals surface area (Å²) in [7, 11) is 0. The Bertz CT molecular complexity index is 1030. The van der Waals surface area contributed by atoms with Gasteiger partial charge in [-0.05, 0) is 60.9 Å². The highest BCUT2D eigenvalue weighted by Gasteiger charge is 2.33. The predicted molar refractivity (Wildman–Crippen MR) is 129 cm³/mol. The van der Waals surface area contributed by atoms with Gasteiger partial charge >= 0.3 is 0 Å². The van der Waals surface area contributed by atoms with Crippen molar-refractivity contribution in [2.24, 2.45) is 0 Å². The Balaban J connectivity index is 1.60. The molecule has 2 aromatic carbocycles. The number of nitrogens with one attached hydrogen (secondary N) is 1. The average Bonchev–Trinajstić information content (AvgIpc) is 3.09. The second-order valence-electron chi connectivity index (χ2n) is 7.65. The van der Waals surface area contributed by atoms with E-state index in [1.807, 2.05) is 35.8 Å². The summed E-state index contributed by atoms with van der Waals surface area (Å²) in [6.45, 7) is 5.77. The number of thiophene rings is 1. The Morgan fingerprint density at radius 1 is 1.20 bits per heavy atom. The number of thioether (sulfide) groups is 1. The molecule has 3 aromatic rings. The molecule has 2 heterocycles. The molecule has 0 bridgehead atoms. The molecule has 0 saturated carbocycles. The van der Waals surface area contributed by atoms with Gasteiger partial charge in [0.2, 0.25) is 5.91 Å². The molecule has 30 heavy (non-hydrogen) atoms. The number of amides is 1. The predicted octanol–water partition coefficient (Wildman–Crippen LogP) is 5.93. The maximum absolute atomic E-state index is 12.9. The first-order valence-corrected chi connectivity index (χ1v) is 12.5. The third-order valence-corrected chi connectivity index (χ3v) is 7.75. The van der Waals surface area contributed by atoms with Gasteiger partial charge in [0.25, 0.3) is 0 Å². The van der Waals surface area contributed by atoms with E-state index in [9.17, 15) is 4.79 Å². The second-order valence-corrected chi connectivity index (χ2v) is 9.78. The molecule has 1 aromatic heterocycles. The van der Waals surface area contributed by atoms with Gasteiger partial charge in [0.05, 0.1) is 12.6 Å². The second kappa shape index (κ2) is 9.38. The number of aryl methyl sites for hydroxylation is 1. The first-order valence-electron chi connectivity index (χ1n) is 10.4. The van der Waals surface area contributed by atoms with Crippen LogP contribution in [0.4, 0.5) is 5.69 Å². The van der Waals surface area contributed by atoms with Crippen molar-refractivity contribution in [2.45, 2.75) is 37.6 Å². The van der Waals surface area contributed by atoms with Crippen molar-refractivity contribution < 1.29 is 4.79 Å². The summed E-state index contributed by atoms with van der Waals surface area (Å²) in [6, 6.07) is 18.8. The van der Waals surface area contributed by atoms with Crippen molar-refractivity contribution in [2.75, 3.05) is 24.7 Å². The number of anilines is 1. The highest BCUT2D eigenvalue weighted by molar-refractivity contribution is 7.98. The smallest absolute Gasteiger partial charge is 0.238 e. The summed E-state index contributed by atoms with van der Waals surface area (Å²) in [5.74, 6) is 0.0432. The van der Waals surface area contributed by atoms with Gasteiger partial charge in [0.1, 0.15) is 0 Å². The molecule has 1 amide bonds. The van der Waals surface area contributed by atoms with Crippen LogP contribution in [0.25, 0.3) is 0 Å². The van der Waals surface area contributed by atoms with Gasteiger partial charge in [-0.15, -0.1) is 23.1 Å². The molecule has 1 atom stereocenters. The number of benzene rings is 2. The van der Waals surface area contributed by atoms with Crippen molar-refractivity contribution >= 4 is 34.7 Å². The van der Waals surface area contributed by atoms with E-state index in [-0.39, 0.29) is 11.9 Å². The van der Waals surface area contributed by atoms with E-state index in [0.29, 0.717) is 6.54 Å². The van der Waals surface area contributed by atoms with E-state index in [0.717, 1.165) is 30.0 Å². The van der Waals surface area contributed by atoms with Gasteiger partial charge in [-0.25, -0.2) is 0 Å². The lowest BCUT2D eigenvalue weighted by atomic mass is 9.91. The fourth-order valence-corrected chi connectivity index (χ4v) is 6.34. The summed E-state index contributed by atoms with van der Waals surface area (Å²) < 4.78 is 0. The molecule has 0 unspecified atom stereocenters. The van der Waals surface area contributed by atoms with E-state index in [1.165, 1.54) is 26.4 Å². The number of rotatable bonds is 6. The minimum Gasteiger partial charge on any atom is -0.325 e. The lowest BCUT2D eigenvalue weighted by Crippen LogP contribution is -2.40. The fraction of sp³-hybridized carbons (Fsp3) is 0.320. The molecule has 1 aliphatic rings. The fourth-order valence-electron chi connectivity index (χ4n) is 4.41. The summed E-state index contributed by atoms with van der Waals surface area (Å²) in [4.78, 5) is 19.3. The minimum atomic E-state index is 0.0432. The number of hydrogen-bond donors (Lipinski definition) is 1. The normalized spacial score (nSPS) is 16.3. The number of nitrogens with zero attached hydrogens (tertiary/aromatic N) is 1. The summed E-state index contributed by atoms with van der Waals surface area (Å²) in [5, 5.41) is 3.10. The first kappa shape index (κ1) is 21.2. The Morgan fingerprint density at radius 2 is 2.00 bits per heavy atom. The molecular weight excluding hydrogens is 408 g/mol. The van der Waals surface area contributed by atoms with Crippen LogP contribution >= 0.6 is 23.1 Å². The van der Waals surface area contributed by atoms with E-state index in [1.54, 1.807) is 11.8 Å². The molecule has 3 nitrogen and oxygen atoms in total. The van der Waals surface area contributed by atoms with E-state index >= 15 is 0 Å². The quantitative estimate of drug-likeness (QED) is 0.486. The monoisotopic (exact) mass is 436 g/mol. The molecule has 0 radical (unpaired) electrons. The van der Waals surface area contributed by atoms with Crippen LogP contribution in [0, 0.1) is 6.92 Å². The molecule has 5 heteroatoms. The van der Waals surface area contributed by atoms with E-state index in [4.69, 9.17) is 0 Å². The Hall–Kier alpha value is -2.08. The maximum Gasteiger partial charge on any atom is 0.238 e. The molecule has 0 fully saturated rings. The topological polar surface area (TPSA) is 32.3 Å². The van der Waals surface area contributed by atoms with Crippen molar-refractivity contribution in [3.05, 3.63) is 81.0 Å².